The number of hydrogen-bond donors (Lipinski definition) is 2. The van der Waals surface area contributed by atoms with E-state index in [0.29, 0.717) is 24.4 Å². The number of nitrogens with one attached hydrogen (secondary N) is 1. The number of rotatable bonds is 4. The van der Waals surface area contributed by atoms with Crippen molar-refractivity contribution in [1.82, 2.24) is 5.32 Å². The summed E-state index contributed by atoms with van der Waals surface area (Å²) >= 11 is 0. The zero-order chi connectivity index (χ0) is 12.5. The Morgan fingerprint density at radius 3 is 2.76 bits per heavy atom. The van der Waals surface area contributed by atoms with Crippen LogP contribution in [-0.4, -0.2) is 29.8 Å². The van der Waals surface area contributed by atoms with E-state index in [-0.39, 0.29) is 12.2 Å². The SMILES string of the molecule is Cc1cc(OC2(CC(=O)O)CNC2)ccc1F. The number of carbonyl (C=O) groups is 1. The van der Waals surface area contributed by atoms with E-state index in [9.17, 15) is 9.18 Å². The first kappa shape index (κ1) is 11.9. The molecule has 0 atom stereocenters. The monoisotopic (exact) mass is 239 g/mol. The molecule has 1 fully saturated rings. The molecule has 4 nitrogen and oxygen atoms in total. The lowest BCUT2D eigenvalue weighted by atomic mass is 9.92. The van der Waals surface area contributed by atoms with E-state index in [1.54, 1.807) is 13.0 Å². The van der Waals surface area contributed by atoms with E-state index in [1.807, 2.05) is 0 Å². The number of aliphatic carboxylic acids is 1. The van der Waals surface area contributed by atoms with E-state index in [4.69, 9.17) is 9.84 Å². The van der Waals surface area contributed by atoms with E-state index in [0.717, 1.165) is 0 Å². The van der Waals surface area contributed by atoms with Crippen molar-refractivity contribution in [2.24, 2.45) is 0 Å². The van der Waals surface area contributed by atoms with Gasteiger partial charge in [-0.3, -0.25) is 4.79 Å². The van der Waals surface area contributed by atoms with Gasteiger partial charge in [0.25, 0.3) is 0 Å². The van der Waals surface area contributed by atoms with Crippen LogP contribution in [0.15, 0.2) is 18.2 Å². The zero-order valence-corrected chi connectivity index (χ0v) is 9.50. The van der Waals surface area contributed by atoms with Crippen LogP contribution < -0.4 is 10.1 Å². The largest absolute Gasteiger partial charge is 0.484 e. The molecule has 2 N–H and O–H groups in total. The Bertz CT molecular complexity index is 443. The first-order valence-electron chi connectivity index (χ1n) is 5.38. The van der Waals surface area contributed by atoms with Crippen molar-refractivity contribution in [3.05, 3.63) is 29.6 Å². The van der Waals surface area contributed by atoms with Crippen molar-refractivity contribution in [3.8, 4) is 5.75 Å². The second kappa shape index (κ2) is 4.33. The minimum Gasteiger partial charge on any atom is -0.484 e. The van der Waals surface area contributed by atoms with Gasteiger partial charge in [-0.25, -0.2) is 4.39 Å². The zero-order valence-electron chi connectivity index (χ0n) is 9.50. The van der Waals surface area contributed by atoms with Gasteiger partial charge in [-0.05, 0) is 30.7 Å². The second-order valence-electron chi connectivity index (χ2n) is 4.37. The van der Waals surface area contributed by atoms with Crippen LogP contribution in [0.1, 0.15) is 12.0 Å². The lowest BCUT2D eigenvalue weighted by molar-refractivity contribution is -0.143. The van der Waals surface area contributed by atoms with Gasteiger partial charge in [-0.1, -0.05) is 0 Å². The minimum absolute atomic E-state index is 0.0591. The maximum Gasteiger partial charge on any atom is 0.307 e. The standard InChI is InChI=1S/C12H14FNO3/c1-8-4-9(2-3-10(8)13)17-12(5-11(15)16)6-14-7-12/h2-4,14H,5-7H2,1H3,(H,15,16). The van der Waals surface area contributed by atoms with Gasteiger partial charge < -0.3 is 15.2 Å². The van der Waals surface area contributed by atoms with Crippen molar-refractivity contribution in [3.63, 3.8) is 0 Å². The van der Waals surface area contributed by atoms with Gasteiger partial charge in [0.1, 0.15) is 17.2 Å². The van der Waals surface area contributed by atoms with Crippen molar-refractivity contribution in [1.29, 1.82) is 0 Å². The molecular weight excluding hydrogens is 225 g/mol. The highest BCUT2D eigenvalue weighted by Crippen LogP contribution is 2.26. The van der Waals surface area contributed by atoms with Crippen molar-refractivity contribution < 1.29 is 19.0 Å². The van der Waals surface area contributed by atoms with E-state index < -0.39 is 11.6 Å². The van der Waals surface area contributed by atoms with Crippen molar-refractivity contribution in [2.45, 2.75) is 18.9 Å². The summed E-state index contributed by atoms with van der Waals surface area (Å²) in [6.45, 7) is 2.64. The predicted molar refractivity (Wildman–Crippen MR) is 59.6 cm³/mol. The molecule has 1 aliphatic heterocycles. The molecule has 0 aromatic heterocycles. The number of carboxylic acids is 1. The molecule has 0 aliphatic carbocycles. The lowest BCUT2D eigenvalue weighted by Crippen LogP contribution is -2.64. The normalized spacial score (nSPS) is 17.3. The van der Waals surface area contributed by atoms with Crippen molar-refractivity contribution >= 4 is 5.97 Å². The molecule has 0 saturated carbocycles. The fourth-order valence-electron chi connectivity index (χ4n) is 1.84. The number of halogens is 1. The summed E-state index contributed by atoms with van der Waals surface area (Å²) in [5.74, 6) is -0.687. The molecule has 1 aromatic rings. The van der Waals surface area contributed by atoms with Gasteiger partial charge in [0, 0.05) is 13.1 Å². The summed E-state index contributed by atoms with van der Waals surface area (Å²) in [4.78, 5) is 10.8. The molecule has 2 rings (SSSR count). The summed E-state index contributed by atoms with van der Waals surface area (Å²) in [5, 5.41) is 11.8. The van der Waals surface area contributed by atoms with E-state index in [1.165, 1.54) is 12.1 Å². The molecule has 92 valence electrons. The van der Waals surface area contributed by atoms with Crippen LogP contribution in [0.25, 0.3) is 0 Å². The Morgan fingerprint density at radius 2 is 2.29 bits per heavy atom. The average Bonchev–Trinajstić information content (AvgIpc) is 2.19. The number of benzene rings is 1. The highest BCUT2D eigenvalue weighted by molar-refractivity contribution is 5.68. The van der Waals surface area contributed by atoms with Gasteiger partial charge in [0.15, 0.2) is 0 Å². The molecule has 5 heteroatoms. The Labute approximate surface area is 98.4 Å². The second-order valence-corrected chi connectivity index (χ2v) is 4.37. The molecule has 0 unspecified atom stereocenters. The molecule has 17 heavy (non-hydrogen) atoms. The first-order chi connectivity index (χ1) is 8.01. The molecule has 1 saturated heterocycles. The Hall–Kier alpha value is -1.62. The van der Waals surface area contributed by atoms with Crippen LogP contribution in [0.4, 0.5) is 4.39 Å². The predicted octanol–water partition coefficient (Wildman–Crippen LogP) is 1.33. The molecule has 0 amide bonds. The molecule has 1 aliphatic rings. The van der Waals surface area contributed by atoms with Crippen LogP contribution in [0.3, 0.4) is 0 Å². The van der Waals surface area contributed by atoms with E-state index in [2.05, 4.69) is 5.32 Å². The van der Waals surface area contributed by atoms with Crippen LogP contribution in [0.5, 0.6) is 5.75 Å². The van der Waals surface area contributed by atoms with Crippen molar-refractivity contribution in [2.75, 3.05) is 13.1 Å². The van der Waals surface area contributed by atoms with Gasteiger partial charge in [0.2, 0.25) is 0 Å². The van der Waals surface area contributed by atoms with Crippen LogP contribution in [0.2, 0.25) is 0 Å². The fourth-order valence-corrected chi connectivity index (χ4v) is 1.84. The number of ether oxygens (including phenoxy) is 1. The summed E-state index contributed by atoms with van der Waals surface area (Å²) in [6.07, 6.45) is -0.0591. The highest BCUT2D eigenvalue weighted by atomic mass is 19.1. The Balaban J connectivity index is 2.13. The van der Waals surface area contributed by atoms with Gasteiger partial charge >= 0.3 is 5.97 Å². The van der Waals surface area contributed by atoms with Crippen LogP contribution >= 0.6 is 0 Å². The summed E-state index contributed by atoms with van der Waals surface area (Å²) in [5.41, 5.74) is -0.212. The van der Waals surface area contributed by atoms with Gasteiger partial charge in [0.05, 0.1) is 6.42 Å². The summed E-state index contributed by atoms with van der Waals surface area (Å²) < 4.78 is 18.8. The first-order valence-corrected chi connectivity index (χ1v) is 5.38. The molecule has 1 heterocycles. The number of hydrogen-bond acceptors (Lipinski definition) is 3. The van der Waals surface area contributed by atoms with Gasteiger partial charge in [-0.15, -0.1) is 0 Å². The smallest absolute Gasteiger partial charge is 0.307 e. The van der Waals surface area contributed by atoms with Gasteiger partial charge in [-0.2, -0.15) is 0 Å². The molecule has 1 aromatic carbocycles. The number of aryl methyl sites for hydroxylation is 1. The fraction of sp³-hybridized carbons (Fsp3) is 0.417. The highest BCUT2D eigenvalue weighted by Gasteiger charge is 2.41. The molecular formula is C12H14FNO3. The van der Waals surface area contributed by atoms with Crippen LogP contribution in [-0.2, 0) is 4.79 Å². The third-order valence-corrected chi connectivity index (χ3v) is 2.83. The Kier molecular flexibility index (Phi) is 3.02. The topological polar surface area (TPSA) is 58.6 Å². The van der Waals surface area contributed by atoms with E-state index >= 15 is 0 Å². The third kappa shape index (κ3) is 2.55. The molecule has 0 radical (unpaired) electrons. The molecule has 0 spiro atoms. The summed E-state index contributed by atoms with van der Waals surface area (Å²) in [6, 6.07) is 4.42. The Morgan fingerprint density at radius 1 is 1.59 bits per heavy atom. The number of carboxylic acid groups (broad SMARTS) is 1. The maximum absolute atomic E-state index is 13.1. The lowest BCUT2D eigenvalue weighted by Gasteiger charge is -2.41. The molecule has 0 bridgehead atoms. The quantitative estimate of drug-likeness (QED) is 0.832. The summed E-state index contributed by atoms with van der Waals surface area (Å²) in [7, 11) is 0. The minimum atomic E-state index is -0.898. The third-order valence-electron chi connectivity index (χ3n) is 2.83. The van der Waals surface area contributed by atoms with Crippen LogP contribution in [0, 0.1) is 12.7 Å². The average molecular weight is 239 g/mol. The maximum atomic E-state index is 13.1.